The van der Waals surface area contributed by atoms with Crippen LogP contribution in [0.1, 0.15) is 13.8 Å². The fourth-order valence-electron chi connectivity index (χ4n) is 1.65. The highest BCUT2D eigenvalue weighted by Gasteiger charge is 2.15. The molecule has 1 rings (SSSR count). The molecule has 7 heteroatoms. The Labute approximate surface area is 122 Å². The van der Waals surface area contributed by atoms with E-state index in [0.717, 1.165) is 19.6 Å². The van der Waals surface area contributed by atoms with Gasteiger partial charge < -0.3 is 9.64 Å². The van der Waals surface area contributed by atoms with Gasteiger partial charge in [-0.1, -0.05) is 29.8 Å². The fraction of sp³-hybridized carbons (Fsp3) is 0.500. The van der Waals surface area contributed by atoms with Crippen molar-refractivity contribution in [3.8, 4) is 5.75 Å². The van der Waals surface area contributed by atoms with Crippen molar-refractivity contribution in [2.45, 2.75) is 18.7 Å². The van der Waals surface area contributed by atoms with Crippen molar-refractivity contribution in [1.82, 2.24) is 4.90 Å². The zero-order valence-electron chi connectivity index (χ0n) is 11.1. The molecule has 0 aliphatic heterocycles. The first-order valence-electron chi connectivity index (χ1n) is 6.06. The van der Waals surface area contributed by atoms with Crippen LogP contribution in [-0.4, -0.2) is 39.6 Å². The lowest BCUT2D eigenvalue weighted by Crippen LogP contribution is -2.28. The third-order valence-corrected chi connectivity index (χ3v) is 4.20. The van der Waals surface area contributed by atoms with Crippen LogP contribution in [0.5, 0.6) is 5.75 Å². The summed E-state index contributed by atoms with van der Waals surface area (Å²) >= 11 is 3.22. The van der Waals surface area contributed by atoms with Crippen LogP contribution in [0.25, 0.3) is 0 Å². The molecule has 0 saturated carbocycles. The summed E-state index contributed by atoms with van der Waals surface area (Å²) in [6, 6.07) is 4.77. The Hall–Kier alpha value is -0.630. The summed E-state index contributed by atoms with van der Waals surface area (Å²) < 4.78 is 29.1. The zero-order chi connectivity index (χ0) is 14.5. The molecule has 0 unspecified atom stereocenters. The third kappa shape index (κ3) is 5.10. The molecule has 108 valence electrons. The van der Waals surface area contributed by atoms with E-state index in [1.807, 2.05) is 0 Å². The Morgan fingerprint density at radius 3 is 2.47 bits per heavy atom. The Morgan fingerprint density at radius 1 is 1.32 bits per heavy atom. The minimum atomic E-state index is -3.79. The first kappa shape index (κ1) is 16.4. The molecule has 0 amide bonds. The highest BCUT2D eigenvalue weighted by atomic mass is 79.9. The van der Waals surface area contributed by atoms with Crippen molar-refractivity contribution in [2.24, 2.45) is 5.14 Å². The van der Waals surface area contributed by atoms with Crippen molar-refractivity contribution in [3.05, 3.63) is 22.7 Å². The molecule has 0 fully saturated rings. The number of nitrogens with zero attached hydrogens (tertiary/aromatic N) is 1. The van der Waals surface area contributed by atoms with Crippen molar-refractivity contribution < 1.29 is 13.2 Å². The maximum absolute atomic E-state index is 11.5. The van der Waals surface area contributed by atoms with E-state index in [1.54, 1.807) is 12.1 Å². The first-order chi connectivity index (χ1) is 8.88. The first-order valence-corrected chi connectivity index (χ1v) is 8.40. The van der Waals surface area contributed by atoms with Gasteiger partial charge in [0.05, 0.1) is 0 Å². The molecular formula is C12H19BrN2O3S. The van der Waals surface area contributed by atoms with Gasteiger partial charge in [-0.25, -0.2) is 13.6 Å². The van der Waals surface area contributed by atoms with Gasteiger partial charge in [-0.2, -0.15) is 0 Å². The minimum absolute atomic E-state index is 0.00132. The summed E-state index contributed by atoms with van der Waals surface area (Å²) in [5.41, 5.74) is 0. The van der Waals surface area contributed by atoms with Gasteiger partial charge in [-0.05, 0) is 31.3 Å². The SMILES string of the molecule is CCN(CC)CCOc1ccc(Br)cc1S(N)(=O)=O. The molecule has 0 aliphatic carbocycles. The van der Waals surface area contributed by atoms with Gasteiger partial charge in [-0.15, -0.1) is 0 Å². The van der Waals surface area contributed by atoms with E-state index in [4.69, 9.17) is 9.88 Å². The zero-order valence-corrected chi connectivity index (χ0v) is 13.5. The molecule has 0 radical (unpaired) electrons. The Morgan fingerprint density at radius 2 is 1.95 bits per heavy atom. The second kappa shape index (κ2) is 7.23. The number of rotatable bonds is 7. The van der Waals surface area contributed by atoms with E-state index in [2.05, 4.69) is 34.7 Å². The molecule has 0 heterocycles. The molecule has 0 spiro atoms. The Kier molecular flexibility index (Phi) is 6.25. The maximum atomic E-state index is 11.5. The molecule has 1 aromatic rings. The fourth-order valence-corrected chi connectivity index (χ4v) is 2.86. The van der Waals surface area contributed by atoms with Gasteiger partial charge >= 0.3 is 0 Å². The second-order valence-electron chi connectivity index (χ2n) is 4.01. The van der Waals surface area contributed by atoms with Gasteiger partial charge in [0.25, 0.3) is 0 Å². The summed E-state index contributed by atoms with van der Waals surface area (Å²) in [6.07, 6.45) is 0. The number of hydrogen-bond acceptors (Lipinski definition) is 4. The van der Waals surface area contributed by atoms with Crippen LogP contribution in [0.2, 0.25) is 0 Å². The van der Waals surface area contributed by atoms with E-state index >= 15 is 0 Å². The second-order valence-corrected chi connectivity index (χ2v) is 6.46. The monoisotopic (exact) mass is 350 g/mol. The highest BCUT2D eigenvalue weighted by Crippen LogP contribution is 2.26. The normalized spacial score (nSPS) is 11.8. The molecule has 0 aromatic heterocycles. The standard InChI is InChI=1S/C12H19BrN2O3S/c1-3-15(4-2)7-8-18-11-6-5-10(13)9-12(11)19(14,16)17/h5-6,9H,3-4,7-8H2,1-2H3,(H2,14,16,17). The number of ether oxygens (including phenoxy) is 1. The van der Waals surface area contributed by atoms with Gasteiger partial charge in [0.15, 0.2) is 0 Å². The van der Waals surface area contributed by atoms with E-state index in [-0.39, 0.29) is 10.6 Å². The number of likely N-dealkylation sites (N-methyl/N-ethyl adjacent to an activating group) is 1. The van der Waals surface area contributed by atoms with Gasteiger partial charge in [-0.3, -0.25) is 0 Å². The van der Waals surface area contributed by atoms with Crippen LogP contribution in [0, 0.1) is 0 Å². The number of halogens is 1. The van der Waals surface area contributed by atoms with Crippen LogP contribution in [-0.2, 0) is 10.0 Å². The minimum Gasteiger partial charge on any atom is -0.491 e. The number of hydrogen-bond donors (Lipinski definition) is 1. The summed E-state index contributed by atoms with van der Waals surface area (Å²) in [5.74, 6) is 0.290. The average Bonchev–Trinajstić information content (AvgIpc) is 2.35. The smallest absolute Gasteiger partial charge is 0.241 e. The van der Waals surface area contributed by atoms with Crippen molar-refractivity contribution >= 4 is 26.0 Å². The summed E-state index contributed by atoms with van der Waals surface area (Å²) in [4.78, 5) is 2.19. The topological polar surface area (TPSA) is 72.6 Å². The molecule has 1 aromatic carbocycles. The maximum Gasteiger partial charge on any atom is 0.241 e. The van der Waals surface area contributed by atoms with Crippen LogP contribution >= 0.6 is 15.9 Å². The van der Waals surface area contributed by atoms with E-state index in [9.17, 15) is 8.42 Å². The molecule has 19 heavy (non-hydrogen) atoms. The quantitative estimate of drug-likeness (QED) is 0.813. The highest BCUT2D eigenvalue weighted by molar-refractivity contribution is 9.10. The number of benzene rings is 1. The van der Waals surface area contributed by atoms with Crippen molar-refractivity contribution in [1.29, 1.82) is 0 Å². The van der Waals surface area contributed by atoms with Crippen molar-refractivity contribution in [3.63, 3.8) is 0 Å². The van der Waals surface area contributed by atoms with Crippen LogP contribution in [0.3, 0.4) is 0 Å². The van der Waals surface area contributed by atoms with E-state index in [0.29, 0.717) is 11.1 Å². The Balaban J connectivity index is 2.79. The van der Waals surface area contributed by atoms with E-state index in [1.165, 1.54) is 6.07 Å². The van der Waals surface area contributed by atoms with Crippen LogP contribution in [0.15, 0.2) is 27.6 Å². The third-order valence-electron chi connectivity index (χ3n) is 2.77. The lowest BCUT2D eigenvalue weighted by Gasteiger charge is -2.18. The van der Waals surface area contributed by atoms with Gasteiger partial charge in [0.2, 0.25) is 10.0 Å². The predicted molar refractivity (Wildman–Crippen MR) is 78.8 cm³/mol. The average molecular weight is 351 g/mol. The van der Waals surface area contributed by atoms with Crippen LogP contribution in [0.4, 0.5) is 0 Å². The summed E-state index contributed by atoms with van der Waals surface area (Å²) in [5, 5.41) is 5.17. The molecule has 0 bridgehead atoms. The Bertz CT molecular complexity index is 516. The molecule has 0 saturated heterocycles. The summed E-state index contributed by atoms with van der Waals surface area (Å²) in [6.45, 7) is 7.17. The van der Waals surface area contributed by atoms with E-state index < -0.39 is 10.0 Å². The van der Waals surface area contributed by atoms with Gasteiger partial charge in [0, 0.05) is 11.0 Å². The predicted octanol–water partition coefficient (Wildman–Crippen LogP) is 1.82. The largest absolute Gasteiger partial charge is 0.491 e. The lowest BCUT2D eigenvalue weighted by molar-refractivity contribution is 0.219. The molecule has 0 aliphatic rings. The molecular weight excluding hydrogens is 332 g/mol. The molecule has 5 nitrogen and oxygen atoms in total. The van der Waals surface area contributed by atoms with Crippen LogP contribution < -0.4 is 9.88 Å². The van der Waals surface area contributed by atoms with Gasteiger partial charge in [0.1, 0.15) is 17.3 Å². The molecule has 0 atom stereocenters. The number of nitrogens with two attached hydrogens (primary N) is 1. The summed E-state index contributed by atoms with van der Waals surface area (Å²) in [7, 11) is -3.79. The lowest BCUT2D eigenvalue weighted by atomic mass is 10.3. The number of sulfonamides is 1. The number of primary sulfonamides is 1. The molecule has 2 N–H and O–H groups in total. The van der Waals surface area contributed by atoms with Crippen molar-refractivity contribution in [2.75, 3.05) is 26.2 Å².